The molecule has 0 fully saturated rings. The number of fused-ring (bicyclic) bond motifs is 3. The Bertz CT molecular complexity index is 1370. The molecule has 6 nitrogen and oxygen atoms in total. The summed E-state index contributed by atoms with van der Waals surface area (Å²) in [6.45, 7) is 4.62. The Morgan fingerprint density at radius 1 is 1.28 bits per heavy atom. The fraction of sp³-hybridized carbons (Fsp3) is 0.261. The van der Waals surface area contributed by atoms with Crippen molar-refractivity contribution >= 4 is 57.0 Å². The number of thioether (sulfide) groups is 1. The van der Waals surface area contributed by atoms with Crippen molar-refractivity contribution in [2.45, 2.75) is 32.0 Å². The van der Waals surface area contributed by atoms with Gasteiger partial charge in [-0.25, -0.2) is 9.37 Å². The summed E-state index contributed by atoms with van der Waals surface area (Å²) >= 11 is 6.94. The van der Waals surface area contributed by atoms with Gasteiger partial charge in [0.1, 0.15) is 16.9 Å². The SMILES string of the molecule is CC(C)CCn1c(SCC(=O)Nc2ccc(F)c(Cl)c2)nc2c(oc3ccccc32)c1=O. The van der Waals surface area contributed by atoms with Gasteiger partial charge in [-0.15, -0.1) is 0 Å². The molecule has 0 aliphatic rings. The fourth-order valence-electron chi connectivity index (χ4n) is 3.25. The van der Waals surface area contributed by atoms with Gasteiger partial charge in [-0.3, -0.25) is 14.2 Å². The monoisotopic (exact) mass is 473 g/mol. The molecule has 0 spiro atoms. The molecule has 0 saturated heterocycles. The number of para-hydroxylation sites is 1. The number of benzene rings is 2. The Morgan fingerprint density at radius 2 is 2.06 bits per heavy atom. The summed E-state index contributed by atoms with van der Waals surface area (Å²) in [5.41, 5.74) is 1.42. The number of carbonyl (C=O) groups is 1. The van der Waals surface area contributed by atoms with E-state index in [-0.39, 0.29) is 27.8 Å². The van der Waals surface area contributed by atoms with Gasteiger partial charge in [0.25, 0.3) is 5.56 Å². The first-order valence-electron chi connectivity index (χ1n) is 10.1. The lowest BCUT2D eigenvalue weighted by Crippen LogP contribution is -2.24. The smallest absolute Gasteiger partial charge is 0.297 e. The van der Waals surface area contributed by atoms with Crippen molar-refractivity contribution in [1.29, 1.82) is 0 Å². The minimum absolute atomic E-state index is 0.0183. The van der Waals surface area contributed by atoms with Crippen molar-refractivity contribution in [2.24, 2.45) is 5.92 Å². The number of rotatable bonds is 7. The predicted molar refractivity (Wildman–Crippen MR) is 126 cm³/mol. The van der Waals surface area contributed by atoms with Gasteiger partial charge >= 0.3 is 0 Å². The van der Waals surface area contributed by atoms with Crippen LogP contribution in [-0.4, -0.2) is 21.2 Å². The maximum absolute atomic E-state index is 13.3. The zero-order chi connectivity index (χ0) is 22.8. The quantitative estimate of drug-likeness (QED) is 0.274. The average Bonchev–Trinajstić information content (AvgIpc) is 3.13. The molecule has 4 aromatic rings. The van der Waals surface area contributed by atoms with Gasteiger partial charge in [0.05, 0.1) is 10.8 Å². The Balaban J connectivity index is 1.64. The molecule has 0 saturated carbocycles. The van der Waals surface area contributed by atoms with Crippen LogP contribution in [0.2, 0.25) is 5.02 Å². The molecule has 166 valence electrons. The lowest BCUT2D eigenvalue weighted by atomic mass is 10.1. The van der Waals surface area contributed by atoms with E-state index in [0.29, 0.717) is 34.4 Å². The van der Waals surface area contributed by atoms with Crippen molar-refractivity contribution in [3.05, 3.63) is 63.7 Å². The second kappa shape index (κ2) is 9.34. The second-order valence-corrected chi connectivity index (χ2v) is 9.13. The van der Waals surface area contributed by atoms with Crippen LogP contribution in [0.1, 0.15) is 20.3 Å². The predicted octanol–water partition coefficient (Wildman–Crippen LogP) is 5.71. The molecule has 0 aliphatic heterocycles. The summed E-state index contributed by atoms with van der Waals surface area (Å²) in [6, 6.07) is 11.3. The highest BCUT2D eigenvalue weighted by atomic mass is 35.5. The molecule has 0 bridgehead atoms. The van der Waals surface area contributed by atoms with E-state index in [0.717, 1.165) is 11.8 Å². The van der Waals surface area contributed by atoms with Gasteiger partial charge in [0.15, 0.2) is 5.16 Å². The number of hydrogen-bond acceptors (Lipinski definition) is 5. The van der Waals surface area contributed by atoms with Crippen LogP contribution in [0, 0.1) is 11.7 Å². The van der Waals surface area contributed by atoms with Crippen molar-refractivity contribution in [2.75, 3.05) is 11.1 Å². The van der Waals surface area contributed by atoms with Gasteiger partial charge in [0.2, 0.25) is 11.5 Å². The van der Waals surface area contributed by atoms with E-state index in [9.17, 15) is 14.0 Å². The summed E-state index contributed by atoms with van der Waals surface area (Å²) in [6.07, 6.45) is 0.779. The molecule has 0 radical (unpaired) electrons. The molecule has 0 unspecified atom stereocenters. The van der Waals surface area contributed by atoms with Gasteiger partial charge in [0, 0.05) is 17.6 Å². The highest BCUT2D eigenvalue weighted by Gasteiger charge is 2.19. The number of anilines is 1. The van der Waals surface area contributed by atoms with Crippen molar-refractivity contribution < 1.29 is 13.6 Å². The van der Waals surface area contributed by atoms with Gasteiger partial charge in [-0.2, -0.15) is 0 Å². The summed E-state index contributed by atoms with van der Waals surface area (Å²) in [5.74, 6) is -0.472. The number of carbonyl (C=O) groups excluding carboxylic acids is 1. The summed E-state index contributed by atoms with van der Waals surface area (Å²) < 4.78 is 20.7. The third-order valence-electron chi connectivity index (χ3n) is 4.91. The molecule has 4 rings (SSSR count). The summed E-state index contributed by atoms with van der Waals surface area (Å²) in [4.78, 5) is 30.4. The molecule has 32 heavy (non-hydrogen) atoms. The molecular weight excluding hydrogens is 453 g/mol. The highest BCUT2D eigenvalue weighted by molar-refractivity contribution is 7.99. The summed E-state index contributed by atoms with van der Waals surface area (Å²) in [5, 5.41) is 3.81. The van der Waals surface area contributed by atoms with Crippen molar-refractivity contribution in [3.63, 3.8) is 0 Å². The van der Waals surface area contributed by atoms with E-state index in [2.05, 4.69) is 24.1 Å². The standard InChI is InChI=1S/C23H21ClFN3O3S/c1-13(2)9-10-28-22(30)21-20(15-5-3-4-6-18(15)31-21)27-23(28)32-12-19(29)26-14-7-8-17(25)16(24)11-14/h3-8,11,13H,9-10,12H2,1-2H3,(H,26,29). The molecular formula is C23H21ClFN3O3S. The first-order chi connectivity index (χ1) is 15.3. The Morgan fingerprint density at radius 3 is 2.81 bits per heavy atom. The van der Waals surface area contributed by atoms with E-state index < -0.39 is 5.82 Å². The second-order valence-electron chi connectivity index (χ2n) is 7.78. The first kappa shape index (κ1) is 22.4. The normalized spacial score (nSPS) is 11.5. The number of aromatic nitrogens is 2. The molecule has 9 heteroatoms. The zero-order valence-electron chi connectivity index (χ0n) is 17.5. The Kier molecular flexibility index (Phi) is 6.53. The Hall–Kier alpha value is -2.84. The van der Waals surface area contributed by atoms with Crippen molar-refractivity contribution in [3.8, 4) is 0 Å². The van der Waals surface area contributed by atoms with Gasteiger partial charge in [-0.1, -0.05) is 49.3 Å². The van der Waals surface area contributed by atoms with Crippen LogP contribution < -0.4 is 10.9 Å². The molecule has 1 N–H and O–H groups in total. The number of nitrogens with zero attached hydrogens (tertiary/aromatic N) is 2. The molecule has 0 aliphatic carbocycles. The number of furan rings is 1. The number of amides is 1. The van der Waals surface area contributed by atoms with E-state index in [1.165, 1.54) is 30.0 Å². The molecule has 1 amide bonds. The van der Waals surface area contributed by atoms with Crippen LogP contribution in [0.25, 0.3) is 22.1 Å². The lowest BCUT2D eigenvalue weighted by molar-refractivity contribution is -0.113. The molecule has 2 aromatic carbocycles. The molecule has 2 heterocycles. The number of halogens is 2. The topological polar surface area (TPSA) is 77.1 Å². The van der Waals surface area contributed by atoms with Crippen LogP contribution in [0.4, 0.5) is 10.1 Å². The van der Waals surface area contributed by atoms with Gasteiger partial charge < -0.3 is 9.73 Å². The van der Waals surface area contributed by atoms with E-state index in [4.69, 9.17) is 16.0 Å². The highest BCUT2D eigenvalue weighted by Crippen LogP contribution is 2.28. The average molecular weight is 474 g/mol. The molecule has 0 atom stereocenters. The van der Waals surface area contributed by atoms with E-state index >= 15 is 0 Å². The van der Waals surface area contributed by atoms with Crippen LogP contribution in [0.15, 0.2) is 56.8 Å². The van der Waals surface area contributed by atoms with E-state index in [1.807, 2.05) is 18.2 Å². The first-order valence-corrected chi connectivity index (χ1v) is 11.5. The number of nitrogens with one attached hydrogen (secondary N) is 1. The van der Waals surface area contributed by atoms with Crippen LogP contribution in [0.5, 0.6) is 0 Å². The third-order valence-corrected chi connectivity index (χ3v) is 6.18. The largest absolute Gasteiger partial charge is 0.448 e. The van der Waals surface area contributed by atoms with E-state index in [1.54, 1.807) is 10.6 Å². The fourth-order valence-corrected chi connectivity index (χ4v) is 4.25. The van der Waals surface area contributed by atoms with Crippen LogP contribution >= 0.6 is 23.4 Å². The molecule has 2 aromatic heterocycles. The maximum atomic E-state index is 13.3. The minimum atomic E-state index is -0.557. The third kappa shape index (κ3) is 4.66. The van der Waals surface area contributed by atoms with Crippen LogP contribution in [-0.2, 0) is 11.3 Å². The zero-order valence-corrected chi connectivity index (χ0v) is 19.1. The number of hydrogen-bond donors (Lipinski definition) is 1. The maximum Gasteiger partial charge on any atom is 0.297 e. The Labute approximate surface area is 192 Å². The van der Waals surface area contributed by atoms with Crippen molar-refractivity contribution in [1.82, 2.24) is 9.55 Å². The lowest BCUT2D eigenvalue weighted by Gasteiger charge is -2.13. The minimum Gasteiger partial charge on any atom is -0.448 e. The van der Waals surface area contributed by atoms with Gasteiger partial charge in [-0.05, 0) is 42.7 Å². The summed E-state index contributed by atoms with van der Waals surface area (Å²) in [7, 11) is 0. The van der Waals surface area contributed by atoms with Crippen LogP contribution in [0.3, 0.4) is 0 Å².